The number of hydrogen-bond acceptors (Lipinski definition) is 6. The largest absolute Gasteiger partial charge is 0.458 e. The number of benzene rings is 6. The standard InChI is InChI=1S/C42H29BN2O4/c1-3-14-29-26(2)46-37-22-11-6-17-30(37)44(29)33-25-34(45-31-18-7-12-23-38(31)47-39-24-13-8-19-32(39)45)42-40-41(33)48-35-20-9-4-15-27(35)43(40)28-16-5-10-21-36(28)49-42/h3-25H,1-2H3/b14-3-. The molecule has 4 aliphatic rings. The topological polar surface area (TPSA) is 43.4 Å². The van der Waals surface area contributed by atoms with Crippen LogP contribution in [-0.4, -0.2) is 6.71 Å². The van der Waals surface area contributed by atoms with Crippen LogP contribution in [-0.2, 0) is 0 Å². The summed E-state index contributed by atoms with van der Waals surface area (Å²) >= 11 is 0. The molecule has 0 radical (unpaired) electrons. The lowest BCUT2D eigenvalue weighted by molar-refractivity contribution is 0.413. The average Bonchev–Trinajstić information content (AvgIpc) is 3.14. The maximum absolute atomic E-state index is 7.03. The van der Waals surface area contributed by atoms with Gasteiger partial charge in [-0.3, -0.25) is 4.90 Å². The number of para-hydroxylation sites is 8. The molecule has 4 aliphatic heterocycles. The van der Waals surface area contributed by atoms with Crippen molar-refractivity contribution in [3.63, 3.8) is 0 Å². The third-order valence-electron chi connectivity index (χ3n) is 9.61. The van der Waals surface area contributed by atoms with Crippen molar-refractivity contribution >= 4 is 51.5 Å². The number of allylic oxidation sites excluding steroid dienone is 3. The van der Waals surface area contributed by atoms with E-state index >= 15 is 0 Å². The summed E-state index contributed by atoms with van der Waals surface area (Å²) < 4.78 is 26.9. The fourth-order valence-corrected chi connectivity index (χ4v) is 7.58. The van der Waals surface area contributed by atoms with Gasteiger partial charge in [-0.2, -0.15) is 0 Å². The molecule has 6 aromatic rings. The minimum absolute atomic E-state index is 0.128. The van der Waals surface area contributed by atoms with E-state index in [-0.39, 0.29) is 6.71 Å². The first-order valence-electron chi connectivity index (χ1n) is 16.5. The van der Waals surface area contributed by atoms with Crippen LogP contribution >= 0.6 is 0 Å². The zero-order valence-electron chi connectivity index (χ0n) is 26.9. The van der Waals surface area contributed by atoms with Crippen LogP contribution in [0.1, 0.15) is 13.8 Å². The molecule has 0 saturated carbocycles. The zero-order valence-corrected chi connectivity index (χ0v) is 26.9. The van der Waals surface area contributed by atoms with Crippen LogP contribution in [0.15, 0.2) is 151 Å². The van der Waals surface area contributed by atoms with E-state index in [0.717, 1.165) is 96.5 Å². The number of nitrogens with zero attached hydrogens (tertiary/aromatic N) is 2. The van der Waals surface area contributed by atoms with E-state index in [4.69, 9.17) is 18.9 Å². The maximum atomic E-state index is 7.03. The van der Waals surface area contributed by atoms with E-state index in [2.05, 4.69) is 76.5 Å². The minimum atomic E-state index is -0.128. The summed E-state index contributed by atoms with van der Waals surface area (Å²) in [4.78, 5) is 4.52. The van der Waals surface area contributed by atoms with Crippen molar-refractivity contribution in [1.29, 1.82) is 0 Å². The summed E-state index contributed by atoms with van der Waals surface area (Å²) in [7, 11) is 0. The summed E-state index contributed by atoms with van der Waals surface area (Å²) in [5.41, 5.74) is 8.60. The van der Waals surface area contributed by atoms with Gasteiger partial charge in [0.2, 0.25) is 0 Å². The molecule has 0 aliphatic carbocycles. The second-order valence-electron chi connectivity index (χ2n) is 12.4. The third-order valence-corrected chi connectivity index (χ3v) is 9.61. The van der Waals surface area contributed by atoms with Gasteiger partial charge in [-0.25, -0.2) is 0 Å². The van der Waals surface area contributed by atoms with Crippen LogP contribution in [0.3, 0.4) is 0 Å². The second kappa shape index (κ2) is 10.6. The van der Waals surface area contributed by atoms with Crippen molar-refractivity contribution in [2.24, 2.45) is 0 Å². The first-order chi connectivity index (χ1) is 24.2. The zero-order chi connectivity index (χ0) is 32.6. The molecule has 0 bridgehead atoms. The Morgan fingerprint density at radius 2 is 0.939 bits per heavy atom. The SMILES string of the molecule is C/C=C\C1=C(C)Oc2ccccc2N1c1cc(N2c3ccccc3Oc3ccccc32)c2c3c1Oc1ccccc1B3c1ccccc1O2. The van der Waals surface area contributed by atoms with Gasteiger partial charge >= 0.3 is 0 Å². The van der Waals surface area contributed by atoms with Crippen LogP contribution in [0.25, 0.3) is 0 Å². The lowest BCUT2D eigenvalue weighted by Crippen LogP contribution is -2.57. The molecule has 0 aromatic heterocycles. The molecule has 234 valence electrons. The van der Waals surface area contributed by atoms with Crippen LogP contribution in [0.4, 0.5) is 28.4 Å². The molecule has 0 amide bonds. The average molecular weight is 637 g/mol. The molecule has 0 atom stereocenters. The second-order valence-corrected chi connectivity index (χ2v) is 12.4. The number of ether oxygens (including phenoxy) is 4. The van der Waals surface area contributed by atoms with Crippen molar-refractivity contribution in [2.45, 2.75) is 13.8 Å². The van der Waals surface area contributed by atoms with Gasteiger partial charge in [0.25, 0.3) is 6.71 Å². The van der Waals surface area contributed by atoms with Gasteiger partial charge in [0.05, 0.1) is 34.1 Å². The molecule has 0 saturated heterocycles. The third kappa shape index (κ3) is 4.02. The molecule has 6 nitrogen and oxygen atoms in total. The van der Waals surface area contributed by atoms with Gasteiger partial charge < -0.3 is 23.8 Å². The molecule has 0 N–H and O–H groups in total. The predicted molar refractivity (Wildman–Crippen MR) is 196 cm³/mol. The molecule has 0 spiro atoms. The van der Waals surface area contributed by atoms with Gasteiger partial charge in [-0.15, -0.1) is 0 Å². The fraction of sp³-hybridized carbons (Fsp3) is 0.0476. The normalized spacial score (nSPS) is 14.7. The summed E-state index contributed by atoms with van der Waals surface area (Å²) in [5, 5.41) is 0. The molecule has 0 unspecified atom stereocenters. The molecule has 0 fully saturated rings. The van der Waals surface area contributed by atoms with E-state index in [1.807, 2.05) is 86.7 Å². The monoisotopic (exact) mass is 636 g/mol. The van der Waals surface area contributed by atoms with Crippen LogP contribution < -0.4 is 45.1 Å². The number of fused-ring (bicyclic) bond motifs is 7. The van der Waals surface area contributed by atoms with Crippen molar-refractivity contribution < 1.29 is 18.9 Å². The summed E-state index contributed by atoms with van der Waals surface area (Å²) in [6, 6.07) is 43.3. The molecule has 7 heteroatoms. The van der Waals surface area contributed by atoms with E-state index < -0.39 is 0 Å². The van der Waals surface area contributed by atoms with E-state index in [9.17, 15) is 0 Å². The maximum Gasteiger partial charge on any atom is 0.260 e. The molecular weight excluding hydrogens is 607 g/mol. The quantitative estimate of drug-likeness (QED) is 0.180. The Labute approximate surface area is 284 Å². The minimum Gasteiger partial charge on any atom is -0.458 e. The molecule has 6 aromatic carbocycles. The van der Waals surface area contributed by atoms with E-state index in [1.54, 1.807) is 0 Å². The van der Waals surface area contributed by atoms with Crippen LogP contribution in [0.2, 0.25) is 0 Å². The summed E-state index contributed by atoms with van der Waals surface area (Å²) in [6.07, 6.45) is 4.14. The molecular formula is C42H29BN2O4. The number of anilines is 5. The van der Waals surface area contributed by atoms with E-state index in [1.165, 1.54) is 0 Å². The Balaban J connectivity index is 1.35. The molecule has 49 heavy (non-hydrogen) atoms. The number of rotatable bonds is 3. The van der Waals surface area contributed by atoms with Gasteiger partial charge in [0.15, 0.2) is 28.7 Å². The van der Waals surface area contributed by atoms with Crippen molar-refractivity contribution in [3.8, 4) is 40.2 Å². The van der Waals surface area contributed by atoms with Gasteiger partial charge in [0.1, 0.15) is 17.3 Å². The van der Waals surface area contributed by atoms with Gasteiger partial charge in [-0.1, -0.05) is 78.9 Å². The highest BCUT2D eigenvalue weighted by molar-refractivity contribution is 6.98. The van der Waals surface area contributed by atoms with Crippen LogP contribution in [0.5, 0.6) is 40.2 Å². The predicted octanol–water partition coefficient (Wildman–Crippen LogP) is 9.33. The highest BCUT2D eigenvalue weighted by Crippen LogP contribution is 2.57. The van der Waals surface area contributed by atoms with Crippen molar-refractivity contribution in [2.75, 3.05) is 9.80 Å². The highest BCUT2D eigenvalue weighted by Gasteiger charge is 2.45. The summed E-state index contributed by atoms with van der Waals surface area (Å²) in [6.45, 7) is 3.91. The summed E-state index contributed by atoms with van der Waals surface area (Å²) in [5.74, 6) is 6.25. The highest BCUT2D eigenvalue weighted by atomic mass is 16.5. The lowest BCUT2D eigenvalue weighted by Gasteiger charge is -2.41. The molecule has 10 rings (SSSR count). The Morgan fingerprint density at radius 1 is 0.490 bits per heavy atom. The first-order valence-corrected chi connectivity index (χ1v) is 16.5. The van der Waals surface area contributed by atoms with E-state index in [0.29, 0.717) is 0 Å². The van der Waals surface area contributed by atoms with Crippen molar-refractivity contribution in [1.82, 2.24) is 0 Å². The smallest absolute Gasteiger partial charge is 0.260 e. The fourth-order valence-electron chi connectivity index (χ4n) is 7.58. The lowest BCUT2D eigenvalue weighted by atomic mass is 9.34. The van der Waals surface area contributed by atoms with Crippen LogP contribution in [0, 0.1) is 0 Å². The Kier molecular flexibility index (Phi) is 6.00. The first kappa shape index (κ1) is 27.7. The number of hydrogen-bond donors (Lipinski definition) is 0. The Hall–Kier alpha value is -6.34. The Morgan fingerprint density at radius 3 is 1.49 bits per heavy atom. The van der Waals surface area contributed by atoms with Gasteiger partial charge in [0, 0.05) is 5.46 Å². The molecule has 4 heterocycles. The van der Waals surface area contributed by atoms with Gasteiger partial charge in [-0.05, 0) is 85.4 Å². The Bertz CT molecular complexity index is 2360. The van der Waals surface area contributed by atoms with Crippen molar-refractivity contribution in [3.05, 3.63) is 151 Å².